The fourth-order valence-corrected chi connectivity index (χ4v) is 2.82. The van der Waals surface area contributed by atoms with Gasteiger partial charge in [0.15, 0.2) is 0 Å². The minimum absolute atomic E-state index is 0.0348. The Morgan fingerprint density at radius 1 is 1.36 bits per heavy atom. The average Bonchev–Trinajstić information content (AvgIpc) is 2.84. The Labute approximate surface area is 85.7 Å². The molecule has 3 unspecified atom stereocenters. The first-order chi connectivity index (χ1) is 6.66. The SMILES string of the molecule is CC1CCC(C(CC2CC2)C(=O)O)C1. The fraction of sp³-hybridized carbons (Fsp3) is 0.917. The van der Waals surface area contributed by atoms with Gasteiger partial charge in [0.25, 0.3) is 0 Å². The van der Waals surface area contributed by atoms with E-state index >= 15 is 0 Å². The highest BCUT2D eigenvalue weighted by Gasteiger charge is 2.37. The maximum absolute atomic E-state index is 11.2. The molecule has 1 N–H and O–H groups in total. The first-order valence-corrected chi connectivity index (χ1v) is 5.89. The van der Waals surface area contributed by atoms with E-state index in [1.807, 2.05) is 0 Å². The van der Waals surface area contributed by atoms with Crippen molar-refractivity contribution in [2.75, 3.05) is 0 Å². The van der Waals surface area contributed by atoms with Crippen molar-refractivity contribution in [1.82, 2.24) is 0 Å². The summed E-state index contributed by atoms with van der Waals surface area (Å²) in [7, 11) is 0. The zero-order valence-electron chi connectivity index (χ0n) is 8.91. The molecule has 0 aromatic rings. The number of hydrogen-bond donors (Lipinski definition) is 1. The van der Waals surface area contributed by atoms with Gasteiger partial charge in [-0.3, -0.25) is 4.79 Å². The summed E-state index contributed by atoms with van der Waals surface area (Å²) in [6.07, 6.45) is 7.01. The number of aliphatic carboxylic acids is 1. The van der Waals surface area contributed by atoms with Crippen LogP contribution in [0.2, 0.25) is 0 Å². The number of rotatable bonds is 4. The molecule has 2 aliphatic rings. The van der Waals surface area contributed by atoms with Crippen LogP contribution in [0.5, 0.6) is 0 Å². The summed E-state index contributed by atoms with van der Waals surface area (Å²) in [6.45, 7) is 2.25. The maximum atomic E-state index is 11.2. The first-order valence-electron chi connectivity index (χ1n) is 5.89. The van der Waals surface area contributed by atoms with Crippen LogP contribution in [0.15, 0.2) is 0 Å². The summed E-state index contributed by atoms with van der Waals surface area (Å²) in [6, 6.07) is 0. The van der Waals surface area contributed by atoms with Crippen LogP contribution in [0.4, 0.5) is 0 Å². The summed E-state index contributed by atoms with van der Waals surface area (Å²) in [5.74, 6) is 1.39. The van der Waals surface area contributed by atoms with Crippen molar-refractivity contribution in [3.63, 3.8) is 0 Å². The average molecular weight is 196 g/mol. The van der Waals surface area contributed by atoms with Crippen molar-refractivity contribution in [2.24, 2.45) is 23.7 Å². The van der Waals surface area contributed by atoms with Crippen LogP contribution in [-0.4, -0.2) is 11.1 Å². The largest absolute Gasteiger partial charge is 0.481 e. The van der Waals surface area contributed by atoms with E-state index in [0.29, 0.717) is 5.92 Å². The summed E-state index contributed by atoms with van der Waals surface area (Å²) in [5, 5.41) is 9.20. The number of carboxylic acids is 1. The lowest BCUT2D eigenvalue weighted by Crippen LogP contribution is -2.22. The number of hydrogen-bond acceptors (Lipinski definition) is 1. The maximum Gasteiger partial charge on any atom is 0.306 e. The number of carbonyl (C=O) groups is 1. The van der Waals surface area contributed by atoms with Crippen LogP contribution in [0.25, 0.3) is 0 Å². The Morgan fingerprint density at radius 2 is 2.07 bits per heavy atom. The summed E-state index contributed by atoms with van der Waals surface area (Å²) < 4.78 is 0. The lowest BCUT2D eigenvalue weighted by atomic mass is 9.86. The predicted octanol–water partition coefficient (Wildman–Crippen LogP) is 2.92. The number of carboxylic acid groups (broad SMARTS) is 1. The molecule has 0 aromatic carbocycles. The van der Waals surface area contributed by atoms with E-state index in [1.165, 1.54) is 19.3 Å². The van der Waals surface area contributed by atoms with Crippen LogP contribution < -0.4 is 0 Å². The van der Waals surface area contributed by atoms with E-state index in [9.17, 15) is 9.90 Å². The minimum atomic E-state index is -0.545. The molecule has 2 aliphatic carbocycles. The van der Waals surface area contributed by atoms with Crippen molar-refractivity contribution in [1.29, 1.82) is 0 Å². The third kappa shape index (κ3) is 2.28. The monoisotopic (exact) mass is 196 g/mol. The van der Waals surface area contributed by atoms with Crippen LogP contribution >= 0.6 is 0 Å². The van der Waals surface area contributed by atoms with Gasteiger partial charge in [-0.05, 0) is 37.0 Å². The first kappa shape index (κ1) is 10.0. The molecular weight excluding hydrogens is 176 g/mol. The molecular formula is C12H20O2. The third-order valence-electron chi connectivity index (χ3n) is 3.91. The Morgan fingerprint density at radius 3 is 2.50 bits per heavy atom. The summed E-state index contributed by atoms with van der Waals surface area (Å²) in [5.41, 5.74) is 0. The molecule has 2 saturated carbocycles. The highest BCUT2D eigenvalue weighted by Crippen LogP contribution is 2.43. The highest BCUT2D eigenvalue weighted by molar-refractivity contribution is 5.70. The Balaban J connectivity index is 1.91. The quantitative estimate of drug-likeness (QED) is 0.750. The third-order valence-corrected chi connectivity index (χ3v) is 3.91. The molecule has 0 radical (unpaired) electrons. The highest BCUT2D eigenvalue weighted by atomic mass is 16.4. The molecule has 2 heteroatoms. The fourth-order valence-electron chi connectivity index (χ4n) is 2.82. The van der Waals surface area contributed by atoms with Gasteiger partial charge in [-0.2, -0.15) is 0 Å². The minimum Gasteiger partial charge on any atom is -0.481 e. The molecule has 2 nitrogen and oxygen atoms in total. The van der Waals surface area contributed by atoms with E-state index in [0.717, 1.165) is 31.1 Å². The Kier molecular flexibility index (Phi) is 2.80. The molecule has 0 saturated heterocycles. The van der Waals surface area contributed by atoms with Crippen molar-refractivity contribution >= 4 is 5.97 Å². The second-order valence-corrected chi connectivity index (χ2v) is 5.30. The van der Waals surface area contributed by atoms with E-state index < -0.39 is 5.97 Å². The van der Waals surface area contributed by atoms with E-state index in [2.05, 4.69) is 6.92 Å². The Bertz CT molecular complexity index is 220. The van der Waals surface area contributed by atoms with E-state index in [-0.39, 0.29) is 5.92 Å². The molecule has 0 aliphatic heterocycles. The molecule has 3 atom stereocenters. The molecule has 0 heterocycles. The second kappa shape index (κ2) is 3.92. The summed E-state index contributed by atoms with van der Waals surface area (Å²) in [4.78, 5) is 11.2. The van der Waals surface area contributed by atoms with Gasteiger partial charge in [0.1, 0.15) is 0 Å². The van der Waals surface area contributed by atoms with Crippen molar-refractivity contribution in [3.05, 3.63) is 0 Å². The van der Waals surface area contributed by atoms with Gasteiger partial charge in [0.2, 0.25) is 0 Å². The van der Waals surface area contributed by atoms with Gasteiger partial charge in [-0.15, -0.1) is 0 Å². The molecule has 0 bridgehead atoms. The lowest BCUT2D eigenvalue weighted by molar-refractivity contribution is -0.144. The molecule has 0 aromatic heterocycles. The van der Waals surface area contributed by atoms with Gasteiger partial charge in [0, 0.05) is 0 Å². The molecule has 14 heavy (non-hydrogen) atoms. The molecule has 2 rings (SSSR count). The predicted molar refractivity (Wildman–Crippen MR) is 55.0 cm³/mol. The molecule has 0 spiro atoms. The van der Waals surface area contributed by atoms with Crippen molar-refractivity contribution in [2.45, 2.75) is 45.4 Å². The second-order valence-electron chi connectivity index (χ2n) is 5.30. The van der Waals surface area contributed by atoms with Crippen molar-refractivity contribution in [3.8, 4) is 0 Å². The van der Waals surface area contributed by atoms with Crippen LogP contribution in [0.1, 0.15) is 45.4 Å². The standard InChI is InChI=1S/C12H20O2/c1-8-2-5-10(6-8)11(12(13)14)7-9-3-4-9/h8-11H,2-7H2,1H3,(H,13,14). The Hall–Kier alpha value is -0.530. The smallest absolute Gasteiger partial charge is 0.306 e. The van der Waals surface area contributed by atoms with Crippen LogP contribution in [-0.2, 0) is 4.79 Å². The zero-order valence-corrected chi connectivity index (χ0v) is 8.91. The van der Waals surface area contributed by atoms with Crippen molar-refractivity contribution < 1.29 is 9.90 Å². The van der Waals surface area contributed by atoms with Gasteiger partial charge < -0.3 is 5.11 Å². The van der Waals surface area contributed by atoms with Gasteiger partial charge in [0.05, 0.1) is 5.92 Å². The molecule has 80 valence electrons. The zero-order chi connectivity index (χ0) is 10.1. The van der Waals surface area contributed by atoms with E-state index in [1.54, 1.807) is 0 Å². The van der Waals surface area contributed by atoms with Gasteiger partial charge in [-0.1, -0.05) is 26.2 Å². The summed E-state index contributed by atoms with van der Waals surface area (Å²) >= 11 is 0. The molecule has 0 amide bonds. The van der Waals surface area contributed by atoms with Gasteiger partial charge in [-0.25, -0.2) is 0 Å². The van der Waals surface area contributed by atoms with E-state index in [4.69, 9.17) is 0 Å². The van der Waals surface area contributed by atoms with Crippen LogP contribution in [0, 0.1) is 23.7 Å². The topological polar surface area (TPSA) is 37.3 Å². The lowest BCUT2D eigenvalue weighted by Gasteiger charge is -2.19. The molecule has 2 fully saturated rings. The van der Waals surface area contributed by atoms with Gasteiger partial charge >= 0.3 is 5.97 Å². The van der Waals surface area contributed by atoms with Crippen LogP contribution in [0.3, 0.4) is 0 Å². The normalized spacial score (nSPS) is 34.4.